The van der Waals surface area contributed by atoms with Gasteiger partial charge in [0.05, 0.1) is 6.67 Å². The van der Waals surface area contributed by atoms with Gasteiger partial charge in [-0.15, -0.1) is 12.4 Å². The van der Waals surface area contributed by atoms with Crippen LogP contribution in [0, 0.1) is 0 Å². The van der Waals surface area contributed by atoms with Crippen LogP contribution in [-0.2, 0) is 0 Å². The number of nitrogens with zero attached hydrogens (tertiary/aromatic N) is 3. The van der Waals surface area contributed by atoms with Gasteiger partial charge in [-0.1, -0.05) is 19.4 Å². The number of halogens is 1. The van der Waals surface area contributed by atoms with Gasteiger partial charge in [0, 0.05) is 38.4 Å². The number of pyridine rings is 1. The van der Waals surface area contributed by atoms with Crippen molar-refractivity contribution in [2.45, 2.75) is 19.8 Å². The smallest absolute Gasteiger partial charge is 0.0890 e. The van der Waals surface area contributed by atoms with E-state index < -0.39 is 0 Å². The van der Waals surface area contributed by atoms with E-state index in [0.717, 1.165) is 6.67 Å². The number of rotatable bonds is 3. The number of hydrogen-bond donors (Lipinski definition) is 0. The minimum atomic E-state index is 0. The van der Waals surface area contributed by atoms with Gasteiger partial charge in [0.15, 0.2) is 0 Å². The van der Waals surface area contributed by atoms with Crippen LogP contribution in [0.2, 0.25) is 0 Å². The summed E-state index contributed by atoms with van der Waals surface area (Å²) in [4.78, 5) is 8.31. The van der Waals surface area contributed by atoms with Crippen molar-refractivity contribution < 1.29 is 0 Å². The molecule has 1 aromatic heterocycles. The SMILES string of the molecule is CCCCN1C=CN(C)C1.Cl.c1ccncc1. The van der Waals surface area contributed by atoms with Crippen LogP contribution >= 0.6 is 12.4 Å². The normalized spacial score (nSPS) is 12.8. The molecule has 0 aromatic carbocycles. The highest BCUT2D eigenvalue weighted by Crippen LogP contribution is 2.04. The zero-order valence-electron chi connectivity index (χ0n) is 10.6. The zero-order chi connectivity index (χ0) is 11.6. The Hall–Kier alpha value is -1.22. The summed E-state index contributed by atoms with van der Waals surface area (Å²) in [6, 6.07) is 5.72. The molecule has 0 radical (unpaired) electrons. The molecule has 3 nitrogen and oxygen atoms in total. The van der Waals surface area contributed by atoms with Gasteiger partial charge in [0.2, 0.25) is 0 Å². The largest absolute Gasteiger partial charge is 0.362 e. The van der Waals surface area contributed by atoms with Gasteiger partial charge >= 0.3 is 0 Å². The topological polar surface area (TPSA) is 19.4 Å². The predicted molar refractivity (Wildman–Crippen MR) is 74.9 cm³/mol. The Morgan fingerprint density at radius 2 is 1.82 bits per heavy atom. The molecule has 0 unspecified atom stereocenters. The molecule has 0 bridgehead atoms. The Balaban J connectivity index is 0.000000316. The second-order valence-corrected chi connectivity index (χ2v) is 3.89. The number of aromatic nitrogens is 1. The van der Waals surface area contributed by atoms with E-state index in [0.29, 0.717) is 0 Å². The quantitative estimate of drug-likeness (QED) is 0.828. The molecule has 0 N–H and O–H groups in total. The van der Waals surface area contributed by atoms with Crippen molar-refractivity contribution in [1.82, 2.24) is 14.8 Å². The third kappa shape index (κ3) is 7.64. The summed E-state index contributed by atoms with van der Waals surface area (Å²) in [6.45, 7) is 4.50. The Kier molecular flexibility index (Phi) is 9.25. The average molecular weight is 256 g/mol. The summed E-state index contributed by atoms with van der Waals surface area (Å²) in [5.41, 5.74) is 0. The maximum Gasteiger partial charge on any atom is 0.0890 e. The molecule has 96 valence electrons. The zero-order valence-corrected chi connectivity index (χ0v) is 11.4. The number of hydrogen-bond acceptors (Lipinski definition) is 3. The van der Waals surface area contributed by atoms with Crippen molar-refractivity contribution in [2.75, 3.05) is 20.3 Å². The van der Waals surface area contributed by atoms with E-state index in [-0.39, 0.29) is 12.4 Å². The van der Waals surface area contributed by atoms with Crippen LogP contribution in [0.15, 0.2) is 43.0 Å². The monoisotopic (exact) mass is 255 g/mol. The lowest BCUT2D eigenvalue weighted by molar-refractivity contribution is 0.293. The minimum Gasteiger partial charge on any atom is -0.362 e. The Bertz CT molecular complexity index is 263. The van der Waals surface area contributed by atoms with E-state index in [2.05, 4.69) is 41.2 Å². The summed E-state index contributed by atoms with van der Waals surface area (Å²) in [5, 5.41) is 0. The van der Waals surface area contributed by atoms with E-state index in [4.69, 9.17) is 0 Å². The van der Waals surface area contributed by atoms with Gasteiger partial charge in [-0.05, 0) is 18.6 Å². The molecule has 1 aromatic rings. The average Bonchev–Trinajstić information content (AvgIpc) is 2.76. The molecule has 1 aliphatic rings. The van der Waals surface area contributed by atoms with Gasteiger partial charge in [-0.2, -0.15) is 0 Å². The minimum absolute atomic E-state index is 0. The van der Waals surface area contributed by atoms with Gasteiger partial charge in [-0.25, -0.2) is 0 Å². The Morgan fingerprint density at radius 1 is 1.12 bits per heavy atom. The van der Waals surface area contributed by atoms with Crippen LogP contribution in [0.4, 0.5) is 0 Å². The van der Waals surface area contributed by atoms with Gasteiger partial charge in [-0.3, -0.25) is 4.98 Å². The third-order valence-electron chi connectivity index (χ3n) is 2.30. The molecule has 1 aliphatic heterocycles. The fourth-order valence-corrected chi connectivity index (χ4v) is 1.41. The molecular weight excluding hydrogens is 234 g/mol. The third-order valence-corrected chi connectivity index (χ3v) is 2.30. The molecular formula is C13H22ClN3. The summed E-state index contributed by atoms with van der Waals surface area (Å²) in [5.74, 6) is 0. The lowest BCUT2D eigenvalue weighted by Gasteiger charge is -2.17. The number of unbranched alkanes of at least 4 members (excludes halogenated alkanes) is 1. The first-order valence-corrected chi connectivity index (χ1v) is 5.80. The molecule has 0 saturated carbocycles. The first-order valence-electron chi connectivity index (χ1n) is 5.80. The van der Waals surface area contributed by atoms with Gasteiger partial charge < -0.3 is 9.80 Å². The first kappa shape index (κ1) is 15.8. The molecule has 0 spiro atoms. The molecule has 17 heavy (non-hydrogen) atoms. The predicted octanol–water partition coefficient (Wildman–Crippen LogP) is 2.97. The van der Waals surface area contributed by atoms with E-state index in [1.165, 1.54) is 19.4 Å². The van der Waals surface area contributed by atoms with Crippen molar-refractivity contribution in [3.63, 3.8) is 0 Å². The van der Waals surface area contributed by atoms with E-state index >= 15 is 0 Å². The van der Waals surface area contributed by atoms with Crippen molar-refractivity contribution in [3.05, 3.63) is 43.0 Å². The molecule has 2 heterocycles. The second-order valence-electron chi connectivity index (χ2n) is 3.89. The molecule has 4 heteroatoms. The summed E-state index contributed by atoms with van der Waals surface area (Å²) < 4.78 is 0. The fourth-order valence-electron chi connectivity index (χ4n) is 1.41. The van der Waals surface area contributed by atoms with Gasteiger partial charge in [0.1, 0.15) is 0 Å². The molecule has 2 rings (SSSR count). The highest BCUT2D eigenvalue weighted by Gasteiger charge is 2.05. The maximum absolute atomic E-state index is 3.78. The molecule has 0 fully saturated rings. The first-order chi connectivity index (χ1) is 7.83. The molecule has 0 aliphatic carbocycles. The van der Waals surface area contributed by atoms with E-state index in [1.54, 1.807) is 12.4 Å². The summed E-state index contributed by atoms with van der Waals surface area (Å²) in [7, 11) is 2.10. The summed E-state index contributed by atoms with van der Waals surface area (Å²) >= 11 is 0. The van der Waals surface area contributed by atoms with Crippen molar-refractivity contribution in [2.24, 2.45) is 0 Å². The van der Waals surface area contributed by atoms with Crippen molar-refractivity contribution in [1.29, 1.82) is 0 Å². The Labute approximate surface area is 111 Å². The molecule has 0 saturated heterocycles. The van der Waals surface area contributed by atoms with Crippen LogP contribution in [0.3, 0.4) is 0 Å². The van der Waals surface area contributed by atoms with E-state index in [1.807, 2.05) is 18.2 Å². The maximum atomic E-state index is 3.78. The lowest BCUT2D eigenvalue weighted by atomic mass is 10.3. The standard InChI is InChI=1S/C8H16N2.C5H5N.ClH/c1-3-4-5-10-7-6-9(2)8-10;1-2-4-6-5-3-1;/h6-7H,3-5,8H2,1-2H3;1-5H;1H. The highest BCUT2D eigenvalue weighted by atomic mass is 35.5. The van der Waals surface area contributed by atoms with Crippen LogP contribution in [0.1, 0.15) is 19.8 Å². The fraction of sp³-hybridized carbons (Fsp3) is 0.462. The van der Waals surface area contributed by atoms with Crippen LogP contribution in [-0.4, -0.2) is 35.0 Å². The van der Waals surface area contributed by atoms with Crippen molar-refractivity contribution >= 4 is 12.4 Å². The van der Waals surface area contributed by atoms with E-state index in [9.17, 15) is 0 Å². The molecule has 0 amide bonds. The van der Waals surface area contributed by atoms with Crippen LogP contribution in [0.25, 0.3) is 0 Å². The lowest BCUT2D eigenvalue weighted by Crippen LogP contribution is -2.23. The van der Waals surface area contributed by atoms with Gasteiger partial charge in [0.25, 0.3) is 0 Å². The van der Waals surface area contributed by atoms with Crippen molar-refractivity contribution in [3.8, 4) is 0 Å². The van der Waals surface area contributed by atoms with Crippen LogP contribution < -0.4 is 0 Å². The Morgan fingerprint density at radius 3 is 2.18 bits per heavy atom. The van der Waals surface area contributed by atoms with Crippen LogP contribution in [0.5, 0.6) is 0 Å². The second kappa shape index (κ2) is 9.97. The summed E-state index contributed by atoms with van der Waals surface area (Å²) in [6.07, 6.45) is 10.4. The highest BCUT2D eigenvalue weighted by molar-refractivity contribution is 5.85. The molecule has 0 atom stereocenters.